The monoisotopic (exact) mass is 308 g/mol. The summed E-state index contributed by atoms with van der Waals surface area (Å²) in [5, 5.41) is 10.2. The number of halogens is 2. The Kier molecular flexibility index (Phi) is 5.31. The highest BCUT2D eigenvalue weighted by molar-refractivity contribution is 6.02. The molecule has 0 aliphatic carbocycles. The molecule has 2 rings (SSSR count). The summed E-state index contributed by atoms with van der Waals surface area (Å²) in [5.41, 5.74) is 3.74. The number of nitrogens with one attached hydrogen (secondary N) is 2. The first-order valence-electron chi connectivity index (χ1n) is 6.33. The summed E-state index contributed by atoms with van der Waals surface area (Å²) in [6.45, 7) is 0.0780. The predicted octanol–water partition coefficient (Wildman–Crippen LogP) is 2.11. The predicted molar refractivity (Wildman–Crippen MR) is 76.6 cm³/mol. The van der Waals surface area contributed by atoms with Gasteiger partial charge in [0.1, 0.15) is 0 Å². The number of alkyl halides is 2. The maximum Gasteiger partial charge on any atom is 0.264 e. The molecule has 2 aromatic rings. The van der Waals surface area contributed by atoms with Crippen LogP contribution in [0.15, 0.2) is 35.7 Å². The second-order valence-corrected chi connectivity index (χ2v) is 4.33. The van der Waals surface area contributed by atoms with E-state index in [9.17, 15) is 13.6 Å². The molecule has 1 amide bonds. The molecule has 1 heterocycles. The molecule has 0 saturated heterocycles. The van der Waals surface area contributed by atoms with Crippen LogP contribution >= 0.6 is 0 Å². The number of hydrogen-bond donors (Lipinski definition) is 2. The second kappa shape index (κ2) is 7.41. The number of amides is 1. The zero-order chi connectivity index (χ0) is 15.9. The Labute approximate surface area is 125 Å². The lowest BCUT2D eigenvalue weighted by Crippen LogP contribution is -2.15. The third kappa shape index (κ3) is 3.53. The lowest BCUT2D eigenvalue weighted by atomic mass is 9.98. The minimum atomic E-state index is -2.66. The zero-order valence-corrected chi connectivity index (χ0v) is 11.7. The lowest BCUT2D eigenvalue weighted by molar-refractivity contribution is -0.109. The van der Waals surface area contributed by atoms with Crippen LogP contribution in [-0.2, 0) is 9.53 Å². The van der Waals surface area contributed by atoms with Gasteiger partial charge in [-0.2, -0.15) is 10.2 Å². The fourth-order valence-electron chi connectivity index (χ4n) is 2.00. The Bertz CT molecular complexity index is 657. The van der Waals surface area contributed by atoms with Gasteiger partial charge >= 0.3 is 0 Å². The number of nitrogens with zero attached hydrogens (tertiary/aromatic N) is 2. The fraction of sp³-hybridized carbons (Fsp3) is 0.214. The summed E-state index contributed by atoms with van der Waals surface area (Å²) in [4.78, 5) is 10.3. The molecule has 1 aromatic carbocycles. The average molecular weight is 308 g/mol. The molecule has 0 atom stereocenters. The van der Waals surface area contributed by atoms with Gasteiger partial charge in [-0.15, -0.1) is 0 Å². The van der Waals surface area contributed by atoms with Crippen LogP contribution in [0.3, 0.4) is 0 Å². The maximum absolute atomic E-state index is 13.3. The normalized spacial score (nSPS) is 11.7. The minimum Gasteiger partial charge on any atom is -0.378 e. The number of aromatic nitrogens is 2. The van der Waals surface area contributed by atoms with E-state index in [1.54, 1.807) is 18.3 Å². The molecule has 0 unspecified atom stereocenters. The van der Waals surface area contributed by atoms with Crippen LogP contribution in [0.4, 0.5) is 8.78 Å². The largest absolute Gasteiger partial charge is 0.378 e. The number of carbonyl (C=O) groups excluding carboxylic acids is 1. The van der Waals surface area contributed by atoms with Gasteiger partial charge in [-0.25, -0.2) is 14.2 Å². The van der Waals surface area contributed by atoms with Crippen LogP contribution in [0.25, 0.3) is 11.1 Å². The van der Waals surface area contributed by atoms with Crippen LogP contribution in [0.1, 0.15) is 17.6 Å². The van der Waals surface area contributed by atoms with Crippen LogP contribution in [-0.4, -0.2) is 36.0 Å². The van der Waals surface area contributed by atoms with E-state index in [1.165, 1.54) is 19.4 Å². The van der Waals surface area contributed by atoms with Gasteiger partial charge in [0.05, 0.1) is 18.5 Å². The van der Waals surface area contributed by atoms with E-state index in [0.29, 0.717) is 28.8 Å². The number of carbonyl (C=O) groups is 1. The summed E-state index contributed by atoms with van der Waals surface area (Å²) < 4.78 is 31.6. The summed E-state index contributed by atoms with van der Waals surface area (Å²) in [7, 11) is 1.45. The van der Waals surface area contributed by atoms with Crippen molar-refractivity contribution in [3.05, 3.63) is 41.7 Å². The van der Waals surface area contributed by atoms with Crippen molar-refractivity contribution in [2.24, 2.45) is 5.10 Å². The molecule has 0 saturated carbocycles. The van der Waals surface area contributed by atoms with Crippen molar-refractivity contribution in [1.82, 2.24) is 15.6 Å². The molecule has 6 nitrogen and oxygen atoms in total. The van der Waals surface area contributed by atoms with E-state index in [-0.39, 0.29) is 12.2 Å². The summed E-state index contributed by atoms with van der Waals surface area (Å²) >= 11 is 0. The second-order valence-electron chi connectivity index (χ2n) is 4.33. The van der Waals surface area contributed by atoms with Gasteiger partial charge in [-0.1, -0.05) is 12.1 Å². The smallest absolute Gasteiger partial charge is 0.264 e. The molecular weight excluding hydrogens is 294 g/mol. The number of benzene rings is 1. The van der Waals surface area contributed by atoms with Crippen molar-refractivity contribution >= 4 is 12.1 Å². The number of aromatic amines is 1. The van der Waals surface area contributed by atoms with Crippen molar-refractivity contribution < 1.29 is 18.3 Å². The Morgan fingerprint density at radius 2 is 2.36 bits per heavy atom. The zero-order valence-electron chi connectivity index (χ0n) is 11.7. The van der Waals surface area contributed by atoms with E-state index in [2.05, 4.69) is 20.7 Å². The van der Waals surface area contributed by atoms with Gasteiger partial charge in [0.15, 0.2) is 0 Å². The van der Waals surface area contributed by atoms with Crippen molar-refractivity contribution in [1.29, 1.82) is 0 Å². The first kappa shape index (κ1) is 15.8. The molecule has 0 aliphatic rings. The Balaban J connectivity index is 2.46. The van der Waals surface area contributed by atoms with Gasteiger partial charge in [-0.3, -0.25) is 9.89 Å². The number of rotatable bonds is 7. The number of ether oxygens (including phenoxy) is 1. The van der Waals surface area contributed by atoms with Gasteiger partial charge in [0.25, 0.3) is 6.43 Å². The molecule has 22 heavy (non-hydrogen) atoms. The summed E-state index contributed by atoms with van der Waals surface area (Å²) in [5.74, 6) is 0. The van der Waals surface area contributed by atoms with E-state index >= 15 is 0 Å². The Hall–Kier alpha value is -2.61. The van der Waals surface area contributed by atoms with Crippen molar-refractivity contribution in [2.75, 3.05) is 13.7 Å². The molecule has 0 radical (unpaired) electrons. The van der Waals surface area contributed by atoms with Crippen LogP contribution in [0.2, 0.25) is 0 Å². The molecular formula is C14H14F2N4O2. The van der Waals surface area contributed by atoms with E-state index in [1.807, 2.05) is 0 Å². The first-order valence-corrected chi connectivity index (χ1v) is 6.33. The fourth-order valence-corrected chi connectivity index (χ4v) is 2.00. The van der Waals surface area contributed by atoms with E-state index in [4.69, 9.17) is 4.74 Å². The topological polar surface area (TPSA) is 79.4 Å². The molecule has 8 heteroatoms. The van der Waals surface area contributed by atoms with Gasteiger partial charge < -0.3 is 4.74 Å². The molecule has 116 valence electrons. The summed E-state index contributed by atoms with van der Waals surface area (Å²) in [6, 6.07) is 4.53. The highest BCUT2D eigenvalue weighted by atomic mass is 19.3. The minimum absolute atomic E-state index is 0.0780. The standard InChI is InChI=1S/C14H14F2N4O2/c1-22-7-13(20-19-8-21)9-2-3-11(10-5-17-18-6-10)12(4-9)14(15)16/h2-6,8,14H,7H2,1H3,(H,17,18)(H,19,21)/b20-13+. The van der Waals surface area contributed by atoms with Crippen LogP contribution in [0, 0.1) is 0 Å². The molecule has 2 N–H and O–H groups in total. The molecule has 0 aliphatic heterocycles. The van der Waals surface area contributed by atoms with Gasteiger partial charge in [0, 0.05) is 30.0 Å². The first-order chi connectivity index (χ1) is 10.7. The highest BCUT2D eigenvalue weighted by Gasteiger charge is 2.17. The van der Waals surface area contributed by atoms with Crippen LogP contribution < -0.4 is 5.43 Å². The third-order valence-electron chi connectivity index (χ3n) is 2.96. The number of methoxy groups -OCH3 is 1. The van der Waals surface area contributed by atoms with Gasteiger partial charge in [-0.05, 0) is 11.6 Å². The molecule has 1 aromatic heterocycles. The van der Waals surface area contributed by atoms with E-state index in [0.717, 1.165) is 0 Å². The van der Waals surface area contributed by atoms with Crippen molar-refractivity contribution in [2.45, 2.75) is 6.43 Å². The van der Waals surface area contributed by atoms with Gasteiger partial charge in [0.2, 0.25) is 6.41 Å². The number of hydrazone groups is 1. The third-order valence-corrected chi connectivity index (χ3v) is 2.96. The number of H-pyrrole nitrogens is 1. The van der Waals surface area contributed by atoms with Crippen LogP contribution in [0.5, 0.6) is 0 Å². The maximum atomic E-state index is 13.3. The molecule has 0 spiro atoms. The average Bonchev–Trinajstić information content (AvgIpc) is 3.05. The highest BCUT2D eigenvalue weighted by Crippen LogP contribution is 2.31. The SMILES string of the molecule is COC/C(=N\NC=O)c1ccc(-c2cn[nH]c2)c(C(F)F)c1. The summed E-state index contributed by atoms with van der Waals surface area (Å²) in [6.07, 6.45) is 0.745. The van der Waals surface area contributed by atoms with E-state index < -0.39 is 6.43 Å². The van der Waals surface area contributed by atoms with Crippen molar-refractivity contribution in [3.8, 4) is 11.1 Å². The lowest BCUT2D eigenvalue weighted by Gasteiger charge is -2.11. The Morgan fingerprint density at radius 1 is 1.55 bits per heavy atom. The molecule has 0 bridgehead atoms. The Morgan fingerprint density at radius 3 is 2.95 bits per heavy atom. The number of hydrogen-bond acceptors (Lipinski definition) is 4. The molecule has 0 fully saturated rings. The quantitative estimate of drug-likeness (QED) is 0.467. The van der Waals surface area contributed by atoms with Crippen molar-refractivity contribution in [3.63, 3.8) is 0 Å².